The van der Waals surface area contributed by atoms with E-state index < -0.39 is 10.0 Å². The third kappa shape index (κ3) is 6.15. The quantitative estimate of drug-likeness (QED) is 0.672. The molecule has 2 rings (SSSR count). The Morgan fingerprint density at radius 3 is 2.36 bits per heavy atom. The van der Waals surface area contributed by atoms with Crippen LogP contribution in [0, 0.1) is 0 Å². The highest BCUT2D eigenvalue weighted by Gasteiger charge is 2.17. The van der Waals surface area contributed by atoms with E-state index >= 15 is 0 Å². The standard InChI is InChI=1S/C21H29N3O3S/c1-5-24(6-2)15-17-9-7-11-19(13-17)22-21(25)18-10-8-12-20(14-18)28(26,27)23-16(3)4/h7-14,16,23H,5-6,15H2,1-4H3,(H,22,25). The number of nitrogens with zero attached hydrogens (tertiary/aromatic N) is 1. The highest BCUT2D eigenvalue weighted by Crippen LogP contribution is 2.16. The molecule has 0 spiro atoms. The van der Waals surface area contributed by atoms with Gasteiger partial charge in [0.25, 0.3) is 5.91 Å². The van der Waals surface area contributed by atoms with Gasteiger partial charge in [-0.25, -0.2) is 13.1 Å². The molecule has 7 heteroatoms. The van der Waals surface area contributed by atoms with Crippen molar-refractivity contribution in [1.29, 1.82) is 0 Å². The molecule has 2 aromatic rings. The third-order valence-electron chi connectivity index (χ3n) is 4.28. The molecule has 0 aliphatic rings. The zero-order valence-corrected chi connectivity index (χ0v) is 17.7. The summed E-state index contributed by atoms with van der Waals surface area (Å²) in [6.45, 7) is 10.5. The van der Waals surface area contributed by atoms with Crippen molar-refractivity contribution in [3.63, 3.8) is 0 Å². The minimum atomic E-state index is -3.65. The van der Waals surface area contributed by atoms with Crippen LogP contribution >= 0.6 is 0 Å². The summed E-state index contributed by atoms with van der Waals surface area (Å²) in [5.74, 6) is -0.346. The summed E-state index contributed by atoms with van der Waals surface area (Å²) in [4.78, 5) is 15.0. The van der Waals surface area contributed by atoms with Gasteiger partial charge < -0.3 is 5.32 Å². The Bertz CT molecular complexity index is 907. The zero-order chi connectivity index (χ0) is 20.7. The number of nitrogens with one attached hydrogen (secondary N) is 2. The average Bonchev–Trinajstić information content (AvgIpc) is 2.65. The van der Waals surface area contributed by atoms with Crippen LogP contribution in [0.5, 0.6) is 0 Å². The van der Waals surface area contributed by atoms with Gasteiger partial charge in [0.15, 0.2) is 0 Å². The normalized spacial score (nSPS) is 11.8. The highest BCUT2D eigenvalue weighted by atomic mass is 32.2. The van der Waals surface area contributed by atoms with Gasteiger partial charge in [0.05, 0.1) is 4.90 Å². The number of carbonyl (C=O) groups is 1. The zero-order valence-electron chi connectivity index (χ0n) is 16.9. The lowest BCUT2D eigenvalue weighted by atomic mass is 10.1. The second-order valence-corrected chi connectivity index (χ2v) is 8.63. The summed E-state index contributed by atoms with van der Waals surface area (Å²) in [6.07, 6.45) is 0. The van der Waals surface area contributed by atoms with Crippen molar-refractivity contribution >= 4 is 21.6 Å². The smallest absolute Gasteiger partial charge is 0.255 e. The molecule has 152 valence electrons. The van der Waals surface area contributed by atoms with Crippen LogP contribution in [0.15, 0.2) is 53.4 Å². The first-order valence-electron chi connectivity index (χ1n) is 9.50. The minimum Gasteiger partial charge on any atom is -0.322 e. The van der Waals surface area contributed by atoms with Gasteiger partial charge in [-0.2, -0.15) is 0 Å². The number of amides is 1. The second-order valence-electron chi connectivity index (χ2n) is 6.92. The van der Waals surface area contributed by atoms with Crippen LogP contribution in [0.4, 0.5) is 5.69 Å². The topological polar surface area (TPSA) is 78.5 Å². The van der Waals surface area contributed by atoms with E-state index in [4.69, 9.17) is 0 Å². The first-order chi connectivity index (χ1) is 13.2. The minimum absolute atomic E-state index is 0.0733. The van der Waals surface area contributed by atoms with Crippen molar-refractivity contribution in [2.45, 2.75) is 45.2 Å². The largest absolute Gasteiger partial charge is 0.322 e. The van der Waals surface area contributed by atoms with Crippen molar-refractivity contribution in [3.05, 3.63) is 59.7 Å². The van der Waals surface area contributed by atoms with Gasteiger partial charge in [-0.3, -0.25) is 9.69 Å². The Labute approximate surface area is 168 Å². The van der Waals surface area contributed by atoms with Gasteiger partial charge in [-0.05, 0) is 62.8 Å². The van der Waals surface area contributed by atoms with Gasteiger partial charge in [0.2, 0.25) is 10.0 Å². The first-order valence-corrected chi connectivity index (χ1v) is 11.0. The van der Waals surface area contributed by atoms with Gasteiger partial charge in [0, 0.05) is 23.8 Å². The Balaban J connectivity index is 2.16. The van der Waals surface area contributed by atoms with E-state index in [0.29, 0.717) is 11.3 Å². The van der Waals surface area contributed by atoms with Crippen LogP contribution in [0.25, 0.3) is 0 Å². The summed E-state index contributed by atoms with van der Waals surface area (Å²) < 4.78 is 27.2. The lowest BCUT2D eigenvalue weighted by Crippen LogP contribution is -2.30. The van der Waals surface area contributed by atoms with Gasteiger partial charge in [-0.1, -0.05) is 32.0 Å². The molecule has 0 aliphatic heterocycles. The summed E-state index contributed by atoms with van der Waals surface area (Å²) in [5.41, 5.74) is 2.09. The Kier molecular flexibility index (Phi) is 7.74. The highest BCUT2D eigenvalue weighted by molar-refractivity contribution is 7.89. The number of carbonyl (C=O) groups excluding carboxylic acids is 1. The van der Waals surface area contributed by atoms with Gasteiger partial charge in [0.1, 0.15) is 0 Å². The monoisotopic (exact) mass is 403 g/mol. The van der Waals surface area contributed by atoms with Crippen LogP contribution in [0.1, 0.15) is 43.6 Å². The number of hydrogen-bond acceptors (Lipinski definition) is 4. The first kappa shape index (κ1) is 22.1. The van der Waals surface area contributed by atoms with Crippen LogP contribution in [-0.2, 0) is 16.6 Å². The number of sulfonamides is 1. The maximum Gasteiger partial charge on any atom is 0.255 e. The van der Waals surface area contributed by atoms with Crippen LogP contribution in [0.3, 0.4) is 0 Å². The molecule has 0 atom stereocenters. The van der Waals surface area contributed by atoms with Gasteiger partial charge in [-0.15, -0.1) is 0 Å². The van der Waals surface area contributed by atoms with Crippen molar-refractivity contribution in [1.82, 2.24) is 9.62 Å². The molecule has 2 aromatic carbocycles. The molecule has 0 unspecified atom stereocenters. The molecule has 2 N–H and O–H groups in total. The number of rotatable bonds is 9. The van der Waals surface area contributed by atoms with Crippen molar-refractivity contribution in [2.75, 3.05) is 18.4 Å². The third-order valence-corrected chi connectivity index (χ3v) is 5.94. The van der Waals surface area contributed by atoms with Crippen molar-refractivity contribution < 1.29 is 13.2 Å². The molecule has 0 aliphatic carbocycles. The lowest BCUT2D eigenvalue weighted by molar-refractivity contribution is 0.102. The molecule has 0 fully saturated rings. The van der Waals surface area contributed by atoms with E-state index in [9.17, 15) is 13.2 Å². The maximum absolute atomic E-state index is 12.6. The molecular formula is C21H29N3O3S. The maximum atomic E-state index is 12.6. The Morgan fingerprint density at radius 1 is 1.04 bits per heavy atom. The summed E-state index contributed by atoms with van der Waals surface area (Å²) in [7, 11) is -3.65. The van der Waals surface area contributed by atoms with Crippen LogP contribution in [0.2, 0.25) is 0 Å². The van der Waals surface area contributed by atoms with Crippen LogP contribution in [-0.4, -0.2) is 38.4 Å². The predicted octanol–water partition coefficient (Wildman–Crippen LogP) is 3.47. The molecule has 0 radical (unpaired) electrons. The Morgan fingerprint density at radius 2 is 1.71 bits per heavy atom. The summed E-state index contributed by atoms with van der Waals surface area (Å²) in [5, 5.41) is 2.85. The second kappa shape index (κ2) is 9.82. The van der Waals surface area contributed by atoms with Gasteiger partial charge >= 0.3 is 0 Å². The molecule has 0 aromatic heterocycles. The molecule has 6 nitrogen and oxygen atoms in total. The van der Waals surface area contributed by atoms with Crippen molar-refractivity contribution in [3.8, 4) is 0 Å². The average molecular weight is 404 g/mol. The molecule has 0 heterocycles. The number of benzene rings is 2. The summed E-state index contributed by atoms with van der Waals surface area (Å²) >= 11 is 0. The molecular weight excluding hydrogens is 374 g/mol. The van der Waals surface area contributed by atoms with E-state index in [2.05, 4.69) is 28.8 Å². The number of hydrogen-bond donors (Lipinski definition) is 2. The molecule has 1 amide bonds. The Hall–Kier alpha value is -2.22. The molecule has 0 saturated heterocycles. The van der Waals surface area contributed by atoms with E-state index in [1.165, 1.54) is 12.1 Å². The van der Waals surface area contributed by atoms with E-state index in [0.717, 1.165) is 25.2 Å². The fourth-order valence-corrected chi connectivity index (χ4v) is 4.14. The molecule has 0 saturated carbocycles. The fourth-order valence-electron chi connectivity index (χ4n) is 2.84. The number of anilines is 1. The van der Waals surface area contributed by atoms with Crippen molar-refractivity contribution in [2.24, 2.45) is 0 Å². The summed E-state index contributed by atoms with van der Waals surface area (Å²) in [6, 6.07) is 13.5. The molecule has 28 heavy (non-hydrogen) atoms. The predicted molar refractivity (Wildman–Crippen MR) is 113 cm³/mol. The molecule has 0 bridgehead atoms. The fraction of sp³-hybridized carbons (Fsp3) is 0.381. The SMILES string of the molecule is CCN(CC)Cc1cccc(NC(=O)c2cccc(S(=O)(=O)NC(C)C)c2)c1. The lowest BCUT2D eigenvalue weighted by Gasteiger charge is -2.18. The van der Waals surface area contributed by atoms with E-state index in [1.54, 1.807) is 26.0 Å². The van der Waals surface area contributed by atoms with Crippen LogP contribution < -0.4 is 10.0 Å². The van der Waals surface area contributed by atoms with E-state index in [1.807, 2.05) is 24.3 Å². The van der Waals surface area contributed by atoms with E-state index in [-0.39, 0.29) is 16.8 Å².